The molecule has 0 aliphatic carbocycles. The molecule has 0 atom stereocenters. The molecule has 0 spiro atoms. The molecule has 0 unspecified atom stereocenters. The maximum absolute atomic E-state index is 11.5. The predicted molar refractivity (Wildman–Crippen MR) is 82.6 cm³/mol. The molecule has 22 heavy (non-hydrogen) atoms. The van der Waals surface area contributed by atoms with E-state index >= 15 is 0 Å². The minimum atomic E-state index is -0.954. The minimum Gasteiger partial charge on any atom is -0.483 e. The smallest absolute Gasteiger partial charge is 0.223 e. The normalized spacial score (nSPS) is 10.0. The van der Waals surface area contributed by atoms with Crippen molar-refractivity contribution in [2.24, 2.45) is 7.05 Å². The van der Waals surface area contributed by atoms with E-state index in [1.807, 2.05) is 37.4 Å². The van der Waals surface area contributed by atoms with Crippen LogP contribution in [0.3, 0.4) is 0 Å². The van der Waals surface area contributed by atoms with Crippen LogP contribution in [0.15, 0.2) is 53.6 Å². The van der Waals surface area contributed by atoms with Gasteiger partial charge < -0.3 is 24.6 Å². The zero-order valence-electron chi connectivity index (χ0n) is 12.4. The zero-order valence-corrected chi connectivity index (χ0v) is 12.4. The van der Waals surface area contributed by atoms with Crippen LogP contribution in [-0.2, 0) is 13.7 Å². The first-order valence-electron chi connectivity index (χ1n) is 6.79. The lowest BCUT2D eigenvalue weighted by Crippen LogP contribution is -2.15. The molecule has 0 bridgehead atoms. The number of aromatic nitrogens is 1. The van der Waals surface area contributed by atoms with Gasteiger partial charge in [-0.1, -0.05) is 30.3 Å². The SMILES string of the molecule is Cn1ccc(=O)c(OCc2ccccc2)c1.OCC(O)CO. The van der Waals surface area contributed by atoms with Crippen LogP contribution in [-0.4, -0.2) is 39.2 Å². The van der Waals surface area contributed by atoms with E-state index in [1.165, 1.54) is 6.07 Å². The third-order valence-corrected chi connectivity index (χ3v) is 2.68. The molecule has 1 aromatic heterocycles. The Morgan fingerprint density at radius 1 is 1.14 bits per heavy atom. The highest BCUT2D eigenvalue weighted by Crippen LogP contribution is 2.06. The number of rotatable bonds is 5. The van der Waals surface area contributed by atoms with Gasteiger partial charge in [0, 0.05) is 25.5 Å². The van der Waals surface area contributed by atoms with E-state index in [9.17, 15) is 4.79 Å². The van der Waals surface area contributed by atoms with Gasteiger partial charge in [0.15, 0.2) is 5.75 Å². The maximum Gasteiger partial charge on any atom is 0.223 e. The average Bonchev–Trinajstić information content (AvgIpc) is 2.56. The summed E-state index contributed by atoms with van der Waals surface area (Å²) in [5.74, 6) is 0.383. The molecule has 6 heteroatoms. The molecule has 6 nitrogen and oxygen atoms in total. The summed E-state index contributed by atoms with van der Waals surface area (Å²) in [5, 5.41) is 24.0. The molecule has 0 radical (unpaired) electrons. The first kappa shape index (κ1) is 17.9. The highest BCUT2D eigenvalue weighted by molar-refractivity contribution is 5.19. The second kappa shape index (κ2) is 9.73. The Hall–Kier alpha value is -2.15. The Morgan fingerprint density at radius 3 is 2.32 bits per heavy atom. The molecule has 2 rings (SSSR count). The van der Waals surface area contributed by atoms with Crippen molar-refractivity contribution < 1.29 is 20.1 Å². The fraction of sp³-hybridized carbons (Fsp3) is 0.312. The lowest BCUT2D eigenvalue weighted by molar-refractivity contribution is 0.0450. The van der Waals surface area contributed by atoms with Gasteiger partial charge in [-0.3, -0.25) is 4.79 Å². The maximum atomic E-state index is 11.5. The third-order valence-electron chi connectivity index (χ3n) is 2.68. The van der Waals surface area contributed by atoms with E-state index in [0.29, 0.717) is 12.4 Å². The van der Waals surface area contributed by atoms with Crippen molar-refractivity contribution in [3.8, 4) is 5.75 Å². The molecule has 0 saturated heterocycles. The number of aliphatic hydroxyl groups excluding tert-OH is 3. The molecule has 2 aromatic rings. The van der Waals surface area contributed by atoms with Crippen molar-refractivity contribution in [2.45, 2.75) is 12.7 Å². The summed E-state index contributed by atoms with van der Waals surface area (Å²) >= 11 is 0. The molecule has 0 amide bonds. The fourth-order valence-electron chi connectivity index (χ4n) is 1.46. The molecular weight excluding hydrogens is 286 g/mol. The molecule has 0 saturated carbocycles. The number of hydrogen-bond donors (Lipinski definition) is 3. The van der Waals surface area contributed by atoms with Crippen LogP contribution >= 0.6 is 0 Å². The topological polar surface area (TPSA) is 91.9 Å². The van der Waals surface area contributed by atoms with Crippen molar-refractivity contribution in [1.82, 2.24) is 4.57 Å². The summed E-state index contributed by atoms with van der Waals surface area (Å²) in [7, 11) is 1.86. The monoisotopic (exact) mass is 307 g/mol. The molecule has 1 aromatic carbocycles. The molecule has 0 aliphatic rings. The summed E-state index contributed by atoms with van der Waals surface area (Å²) in [6.45, 7) is -0.312. The number of aryl methyl sites for hydroxylation is 1. The summed E-state index contributed by atoms with van der Waals surface area (Å²) in [5.41, 5.74) is 0.961. The Kier molecular flexibility index (Phi) is 7.91. The van der Waals surface area contributed by atoms with Crippen LogP contribution in [0.2, 0.25) is 0 Å². The summed E-state index contributed by atoms with van der Waals surface area (Å²) in [6, 6.07) is 11.3. The van der Waals surface area contributed by atoms with Crippen LogP contribution in [0.1, 0.15) is 5.56 Å². The number of aliphatic hydroxyl groups is 3. The van der Waals surface area contributed by atoms with Gasteiger partial charge in [0.1, 0.15) is 12.7 Å². The van der Waals surface area contributed by atoms with Gasteiger partial charge in [0.05, 0.1) is 13.2 Å². The standard InChI is InChI=1S/C13H13NO2.C3H8O3/c1-14-8-7-12(15)13(9-14)16-10-11-5-3-2-4-6-11;4-1-3(6)2-5/h2-9H,10H2,1H3;3-6H,1-2H2. The number of hydrogen-bond acceptors (Lipinski definition) is 5. The number of pyridine rings is 1. The molecule has 0 aliphatic heterocycles. The van der Waals surface area contributed by atoms with Crippen molar-refractivity contribution in [3.63, 3.8) is 0 Å². The van der Waals surface area contributed by atoms with E-state index in [-0.39, 0.29) is 18.6 Å². The van der Waals surface area contributed by atoms with Crippen LogP contribution in [0.5, 0.6) is 5.75 Å². The van der Waals surface area contributed by atoms with Crippen LogP contribution in [0, 0.1) is 0 Å². The summed E-state index contributed by atoms with van der Waals surface area (Å²) in [4.78, 5) is 11.5. The van der Waals surface area contributed by atoms with E-state index in [2.05, 4.69) is 0 Å². The zero-order chi connectivity index (χ0) is 16.4. The second-order valence-corrected chi connectivity index (χ2v) is 4.63. The van der Waals surface area contributed by atoms with Crippen molar-refractivity contribution >= 4 is 0 Å². The fourth-order valence-corrected chi connectivity index (χ4v) is 1.46. The molecule has 120 valence electrons. The van der Waals surface area contributed by atoms with E-state index in [1.54, 1.807) is 17.0 Å². The average molecular weight is 307 g/mol. The van der Waals surface area contributed by atoms with Gasteiger partial charge in [0.2, 0.25) is 5.43 Å². The van der Waals surface area contributed by atoms with Crippen LogP contribution in [0.25, 0.3) is 0 Å². The first-order valence-corrected chi connectivity index (χ1v) is 6.79. The predicted octanol–water partition coefficient (Wildman–Crippen LogP) is 0.296. The molecule has 1 heterocycles. The minimum absolute atomic E-state index is 0.0889. The Morgan fingerprint density at radius 2 is 1.77 bits per heavy atom. The summed E-state index contributed by atoms with van der Waals surface area (Å²) < 4.78 is 7.26. The van der Waals surface area contributed by atoms with E-state index in [4.69, 9.17) is 20.1 Å². The van der Waals surface area contributed by atoms with Gasteiger partial charge in [-0.05, 0) is 5.56 Å². The van der Waals surface area contributed by atoms with Crippen molar-refractivity contribution in [1.29, 1.82) is 0 Å². The van der Waals surface area contributed by atoms with Gasteiger partial charge >= 0.3 is 0 Å². The van der Waals surface area contributed by atoms with Crippen LogP contribution < -0.4 is 10.2 Å². The van der Waals surface area contributed by atoms with Crippen molar-refractivity contribution in [3.05, 3.63) is 64.6 Å². The highest BCUT2D eigenvalue weighted by atomic mass is 16.5. The van der Waals surface area contributed by atoms with Gasteiger partial charge in [-0.2, -0.15) is 0 Å². The second-order valence-electron chi connectivity index (χ2n) is 4.63. The number of ether oxygens (including phenoxy) is 1. The van der Waals surface area contributed by atoms with Gasteiger partial charge in [0.25, 0.3) is 0 Å². The Balaban J connectivity index is 0.000000346. The summed E-state index contributed by atoms with van der Waals surface area (Å²) in [6.07, 6.45) is 2.44. The number of nitrogens with zero attached hydrogens (tertiary/aromatic N) is 1. The van der Waals surface area contributed by atoms with E-state index < -0.39 is 6.10 Å². The Labute approximate surface area is 128 Å². The van der Waals surface area contributed by atoms with Crippen LogP contribution in [0.4, 0.5) is 0 Å². The van der Waals surface area contributed by atoms with Gasteiger partial charge in [-0.15, -0.1) is 0 Å². The Bertz CT molecular complexity index is 593. The molecule has 3 N–H and O–H groups in total. The first-order chi connectivity index (χ1) is 10.6. The quantitative estimate of drug-likeness (QED) is 0.739. The third kappa shape index (κ3) is 6.53. The number of benzene rings is 1. The lowest BCUT2D eigenvalue weighted by atomic mass is 10.2. The lowest BCUT2D eigenvalue weighted by Gasteiger charge is -2.06. The molecule has 0 fully saturated rings. The van der Waals surface area contributed by atoms with E-state index in [0.717, 1.165) is 5.56 Å². The van der Waals surface area contributed by atoms with Crippen molar-refractivity contribution in [2.75, 3.05) is 13.2 Å². The highest BCUT2D eigenvalue weighted by Gasteiger charge is 2.00. The molecular formula is C16H21NO5. The largest absolute Gasteiger partial charge is 0.483 e. The van der Waals surface area contributed by atoms with Gasteiger partial charge in [-0.25, -0.2) is 0 Å².